The van der Waals surface area contributed by atoms with Gasteiger partial charge in [-0.05, 0) is 42.3 Å². The summed E-state index contributed by atoms with van der Waals surface area (Å²) in [4.78, 5) is 41.2. The molecule has 0 aliphatic heterocycles. The van der Waals surface area contributed by atoms with Gasteiger partial charge in [0, 0.05) is 0 Å². The standard InChI is InChI=1S/C21H21N5O7/c1-2-32-14-7-10(3-5-12(14)18-24-19(26-23)17(22)20(29)25-18)11-4-6-13(21(30)31)15(8-11)33-9-16(27)28/h3-8H,2,9,22-23H2,1H3,(H,27,28)(H,30,31)(H2,24,25,26,29). The number of benzene rings is 2. The zero-order valence-corrected chi connectivity index (χ0v) is 17.4. The molecule has 0 spiro atoms. The largest absolute Gasteiger partial charge is 0.493 e. The van der Waals surface area contributed by atoms with Crippen LogP contribution in [0.3, 0.4) is 0 Å². The molecule has 0 atom stereocenters. The number of nitrogens with two attached hydrogens (primary N) is 2. The molecule has 0 aliphatic rings. The molecular weight excluding hydrogens is 434 g/mol. The molecule has 8 N–H and O–H groups in total. The predicted octanol–water partition coefficient (Wildman–Crippen LogP) is 1.53. The molecule has 0 saturated carbocycles. The van der Waals surface area contributed by atoms with Crippen LogP contribution in [0.4, 0.5) is 11.5 Å². The van der Waals surface area contributed by atoms with E-state index in [0.29, 0.717) is 29.0 Å². The fourth-order valence-corrected chi connectivity index (χ4v) is 3.03. The maximum atomic E-state index is 12.1. The Labute approximate surface area is 186 Å². The number of carbonyl (C=O) groups is 2. The van der Waals surface area contributed by atoms with Gasteiger partial charge < -0.3 is 35.8 Å². The molecule has 0 radical (unpaired) electrons. The fourth-order valence-electron chi connectivity index (χ4n) is 3.03. The quantitative estimate of drug-likeness (QED) is 0.202. The van der Waals surface area contributed by atoms with Crippen LogP contribution in [0.2, 0.25) is 0 Å². The molecule has 0 aliphatic carbocycles. The van der Waals surface area contributed by atoms with Gasteiger partial charge in [-0.25, -0.2) is 20.4 Å². The van der Waals surface area contributed by atoms with E-state index in [9.17, 15) is 19.5 Å². The Balaban J connectivity index is 2.09. The first-order valence-corrected chi connectivity index (χ1v) is 9.61. The first kappa shape index (κ1) is 23.1. The van der Waals surface area contributed by atoms with E-state index >= 15 is 0 Å². The second-order valence-electron chi connectivity index (χ2n) is 6.66. The van der Waals surface area contributed by atoms with Crippen molar-refractivity contribution in [3.05, 3.63) is 52.3 Å². The van der Waals surface area contributed by atoms with Crippen LogP contribution in [0.1, 0.15) is 17.3 Å². The number of ether oxygens (including phenoxy) is 2. The van der Waals surface area contributed by atoms with E-state index in [-0.39, 0.29) is 28.6 Å². The second-order valence-corrected chi connectivity index (χ2v) is 6.66. The van der Waals surface area contributed by atoms with Gasteiger partial charge in [0.15, 0.2) is 12.4 Å². The summed E-state index contributed by atoms with van der Waals surface area (Å²) in [7, 11) is 0. The van der Waals surface area contributed by atoms with Crippen LogP contribution in [-0.4, -0.2) is 45.3 Å². The minimum Gasteiger partial charge on any atom is -0.493 e. The van der Waals surface area contributed by atoms with E-state index in [1.165, 1.54) is 12.1 Å². The number of hydrogen-bond donors (Lipinski definition) is 6. The van der Waals surface area contributed by atoms with Crippen LogP contribution in [0.5, 0.6) is 11.5 Å². The Morgan fingerprint density at radius 2 is 1.76 bits per heavy atom. The third kappa shape index (κ3) is 5.02. The number of aliphatic carboxylic acids is 1. The number of nitrogens with zero attached hydrogens (tertiary/aromatic N) is 1. The molecule has 12 heteroatoms. The van der Waals surface area contributed by atoms with E-state index in [0.717, 1.165) is 0 Å². The van der Waals surface area contributed by atoms with Crippen molar-refractivity contribution >= 4 is 23.4 Å². The van der Waals surface area contributed by atoms with Crippen LogP contribution in [0, 0.1) is 0 Å². The maximum absolute atomic E-state index is 12.1. The molecule has 3 rings (SSSR count). The van der Waals surface area contributed by atoms with Crippen molar-refractivity contribution in [1.82, 2.24) is 9.97 Å². The van der Waals surface area contributed by atoms with E-state index < -0.39 is 24.1 Å². The Morgan fingerprint density at radius 3 is 2.36 bits per heavy atom. The van der Waals surface area contributed by atoms with Crippen molar-refractivity contribution in [2.24, 2.45) is 5.84 Å². The second kappa shape index (κ2) is 9.70. The minimum atomic E-state index is -1.25. The van der Waals surface area contributed by atoms with Crippen molar-refractivity contribution < 1.29 is 29.3 Å². The van der Waals surface area contributed by atoms with Gasteiger partial charge in [0.2, 0.25) is 0 Å². The number of anilines is 2. The first-order chi connectivity index (χ1) is 15.7. The van der Waals surface area contributed by atoms with Crippen molar-refractivity contribution in [3.63, 3.8) is 0 Å². The summed E-state index contributed by atoms with van der Waals surface area (Å²) in [5.74, 6) is 3.35. The Bertz CT molecular complexity index is 1270. The van der Waals surface area contributed by atoms with Crippen LogP contribution in [0.25, 0.3) is 22.5 Å². The molecule has 0 bridgehead atoms. The van der Waals surface area contributed by atoms with Crippen molar-refractivity contribution in [1.29, 1.82) is 0 Å². The molecule has 3 aromatic rings. The number of aromatic amines is 1. The van der Waals surface area contributed by atoms with Crippen molar-refractivity contribution in [2.45, 2.75) is 6.92 Å². The number of H-pyrrole nitrogens is 1. The zero-order valence-electron chi connectivity index (χ0n) is 17.4. The maximum Gasteiger partial charge on any atom is 0.341 e. The van der Waals surface area contributed by atoms with E-state index in [2.05, 4.69) is 15.4 Å². The normalized spacial score (nSPS) is 10.5. The molecule has 0 unspecified atom stereocenters. The molecule has 0 fully saturated rings. The summed E-state index contributed by atoms with van der Waals surface area (Å²) in [6.45, 7) is 1.39. The van der Waals surface area contributed by atoms with Gasteiger partial charge in [-0.1, -0.05) is 12.1 Å². The third-order valence-electron chi connectivity index (χ3n) is 4.53. The third-order valence-corrected chi connectivity index (χ3v) is 4.53. The molecule has 33 heavy (non-hydrogen) atoms. The Hall–Kier alpha value is -4.58. The molecule has 172 valence electrons. The number of nitrogen functional groups attached to an aromatic ring is 2. The first-order valence-electron chi connectivity index (χ1n) is 9.61. The predicted molar refractivity (Wildman–Crippen MR) is 119 cm³/mol. The van der Waals surface area contributed by atoms with Crippen molar-refractivity contribution in [2.75, 3.05) is 24.4 Å². The molecule has 1 aromatic heterocycles. The highest BCUT2D eigenvalue weighted by Crippen LogP contribution is 2.35. The summed E-state index contributed by atoms with van der Waals surface area (Å²) in [6, 6.07) is 9.32. The lowest BCUT2D eigenvalue weighted by Crippen LogP contribution is -2.20. The number of aromatic nitrogens is 2. The average molecular weight is 455 g/mol. The summed E-state index contributed by atoms with van der Waals surface area (Å²) >= 11 is 0. The highest BCUT2D eigenvalue weighted by Gasteiger charge is 2.17. The number of aromatic carboxylic acids is 1. The van der Waals surface area contributed by atoms with E-state index in [1.807, 2.05) is 0 Å². The lowest BCUT2D eigenvalue weighted by atomic mass is 10.0. The minimum absolute atomic E-state index is 0.00440. The van der Waals surface area contributed by atoms with Gasteiger partial charge in [0.1, 0.15) is 28.6 Å². The summed E-state index contributed by atoms with van der Waals surface area (Å²) in [5.41, 5.74) is 8.64. The molecule has 1 heterocycles. The van der Waals surface area contributed by atoms with Crippen LogP contribution in [0.15, 0.2) is 41.2 Å². The van der Waals surface area contributed by atoms with Crippen LogP contribution >= 0.6 is 0 Å². The zero-order chi connectivity index (χ0) is 24.1. The molecule has 0 saturated heterocycles. The molecule has 2 aromatic carbocycles. The van der Waals surface area contributed by atoms with Crippen LogP contribution in [-0.2, 0) is 4.79 Å². The number of rotatable bonds is 9. The fraction of sp³-hybridized carbons (Fsp3) is 0.143. The summed E-state index contributed by atoms with van der Waals surface area (Å²) in [6.07, 6.45) is 0. The molecule has 12 nitrogen and oxygen atoms in total. The molecular formula is C21H21N5O7. The number of carboxylic acids is 2. The SMILES string of the molecule is CCOc1cc(-c2ccc(C(=O)O)c(OCC(=O)O)c2)ccc1-c1nc(NN)c(N)c(=O)[nH]1. The lowest BCUT2D eigenvalue weighted by molar-refractivity contribution is -0.139. The van der Waals surface area contributed by atoms with Crippen molar-refractivity contribution in [3.8, 4) is 34.0 Å². The number of nitrogens with one attached hydrogen (secondary N) is 2. The monoisotopic (exact) mass is 455 g/mol. The Kier molecular flexibility index (Phi) is 6.79. The number of carboxylic acid groups (broad SMARTS) is 2. The lowest BCUT2D eigenvalue weighted by Gasteiger charge is -2.14. The topological polar surface area (TPSA) is 203 Å². The van der Waals surface area contributed by atoms with E-state index in [1.54, 1.807) is 31.2 Å². The van der Waals surface area contributed by atoms with Gasteiger partial charge in [0.05, 0.1) is 12.2 Å². The van der Waals surface area contributed by atoms with Crippen LogP contribution < -0.4 is 32.0 Å². The van der Waals surface area contributed by atoms with Gasteiger partial charge in [-0.15, -0.1) is 0 Å². The van der Waals surface area contributed by atoms with E-state index in [4.69, 9.17) is 26.2 Å². The van der Waals surface area contributed by atoms with Gasteiger partial charge in [-0.3, -0.25) is 4.79 Å². The number of hydrazine groups is 1. The summed E-state index contributed by atoms with van der Waals surface area (Å²) < 4.78 is 10.9. The Morgan fingerprint density at radius 1 is 1.09 bits per heavy atom. The van der Waals surface area contributed by atoms with Gasteiger partial charge >= 0.3 is 11.9 Å². The smallest absolute Gasteiger partial charge is 0.341 e. The summed E-state index contributed by atoms with van der Waals surface area (Å²) in [5, 5.41) is 18.2. The average Bonchev–Trinajstić information content (AvgIpc) is 2.79. The van der Waals surface area contributed by atoms with Gasteiger partial charge in [-0.2, -0.15) is 0 Å². The number of hydrogen-bond acceptors (Lipinski definition) is 9. The molecule has 0 amide bonds. The van der Waals surface area contributed by atoms with Gasteiger partial charge in [0.25, 0.3) is 5.56 Å². The highest BCUT2D eigenvalue weighted by atomic mass is 16.5. The highest BCUT2D eigenvalue weighted by molar-refractivity contribution is 5.92.